The first-order valence-corrected chi connectivity index (χ1v) is 10.6. The van der Waals surface area contributed by atoms with E-state index in [0.717, 1.165) is 31.0 Å². The number of benzene rings is 2. The molecule has 2 aromatic rings. The van der Waals surface area contributed by atoms with Gasteiger partial charge in [-0.1, -0.05) is 17.7 Å². The molecule has 1 aliphatic carbocycles. The van der Waals surface area contributed by atoms with E-state index >= 15 is 0 Å². The predicted octanol–water partition coefficient (Wildman–Crippen LogP) is 4.69. The zero-order valence-corrected chi connectivity index (χ0v) is 16.8. The first-order chi connectivity index (χ1) is 13.5. The Kier molecular flexibility index (Phi) is 5.82. The molecule has 0 aromatic heterocycles. The Balaban J connectivity index is 1.84. The fourth-order valence-corrected chi connectivity index (χ4v) is 4.10. The second-order valence-electron chi connectivity index (χ2n) is 6.93. The zero-order chi connectivity index (χ0) is 21.4. The molecule has 1 atom stereocenters. The van der Waals surface area contributed by atoms with E-state index in [2.05, 4.69) is 10.0 Å². The second-order valence-corrected chi connectivity index (χ2v) is 9.01. The molecule has 2 aromatic carbocycles. The Bertz CT molecular complexity index is 1040. The van der Waals surface area contributed by atoms with Gasteiger partial charge in [-0.05, 0) is 62.1 Å². The molecule has 0 spiro atoms. The monoisotopic (exact) mass is 446 g/mol. The van der Waals surface area contributed by atoms with Gasteiger partial charge in [0.25, 0.3) is 15.9 Å². The average Bonchev–Trinajstić information content (AvgIpc) is 3.46. The minimum Gasteiger partial charge on any atom is -0.349 e. The molecule has 2 N–H and O–H groups in total. The summed E-state index contributed by atoms with van der Waals surface area (Å²) in [5.74, 6) is -0.113. The molecule has 29 heavy (non-hydrogen) atoms. The van der Waals surface area contributed by atoms with Gasteiger partial charge >= 0.3 is 6.18 Å². The number of hydrogen-bond donors (Lipinski definition) is 2. The van der Waals surface area contributed by atoms with Crippen LogP contribution < -0.4 is 10.0 Å². The fraction of sp³-hybridized carbons (Fsp3) is 0.316. The van der Waals surface area contributed by atoms with Crippen molar-refractivity contribution >= 4 is 33.2 Å². The van der Waals surface area contributed by atoms with Crippen LogP contribution in [-0.2, 0) is 16.2 Å². The van der Waals surface area contributed by atoms with Gasteiger partial charge in [0.2, 0.25) is 0 Å². The number of nitrogens with one attached hydrogen (secondary N) is 2. The Labute approximate surface area is 171 Å². The van der Waals surface area contributed by atoms with Crippen LogP contribution in [0, 0.1) is 5.92 Å². The van der Waals surface area contributed by atoms with Crippen LogP contribution in [0.3, 0.4) is 0 Å². The number of sulfonamides is 1. The number of carbonyl (C=O) groups excluding carboxylic acids is 1. The number of carbonyl (C=O) groups is 1. The summed E-state index contributed by atoms with van der Waals surface area (Å²) in [5.41, 5.74) is -1.25. The van der Waals surface area contributed by atoms with E-state index in [4.69, 9.17) is 11.6 Å². The molecule has 0 bridgehead atoms. The standard InChI is InChI=1S/C19H18ClF3N2O3S/c1-11(12-5-6-12)24-18(26)16-10-15(7-8-17(16)20)29(27,28)25-14-4-2-3-13(9-14)19(21,22)23/h2-4,7-12,25H,5-6H2,1H3,(H,24,26). The van der Waals surface area contributed by atoms with Gasteiger partial charge in [0.1, 0.15) is 0 Å². The number of hydrogen-bond acceptors (Lipinski definition) is 3. The van der Waals surface area contributed by atoms with Crippen molar-refractivity contribution in [3.05, 3.63) is 58.6 Å². The number of halogens is 4. The summed E-state index contributed by atoms with van der Waals surface area (Å²) in [6.07, 6.45) is -2.57. The van der Waals surface area contributed by atoms with Crippen LogP contribution in [0.4, 0.5) is 18.9 Å². The van der Waals surface area contributed by atoms with Crippen LogP contribution in [0.5, 0.6) is 0 Å². The normalized spacial score (nSPS) is 15.6. The van der Waals surface area contributed by atoms with E-state index in [1.807, 2.05) is 6.92 Å². The van der Waals surface area contributed by atoms with Crippen molar-refractivity contribution < 1.29 is 26.4 Å². The molecule has 1 unspecified atom stereocenters. The van der Waals surface area contributed by atoms with Gasteiger partial charge in [-0.25, -0.2) is 8.42 Å². The van der Waals surface area contributed by atoms with Gasteiger partial charge in [0, 0.05) is 11.7 Å². The van der Waals surface area contributed by atoms with E-state index in [0.29, 0.717) is 12.0 Å². The third-order valence-corrected chi connectivity index (χ3v) is 6.33. The van der Waals surface area contributed by atoms with Crippen molar-refractivity contribution in [2.75, 3.05) is 4.72 Å². The topological polar surface area (TPSA) is 75.3 Å². The van der Waals surface area contributed by atoms with Gasteiger partial charge in [0.15, 0.2) is 0 Å². The Morgan fingerprint density at radius 3 is 2.48 bits per heavy atom. The van der Waals surface area contributed by atoms with E-state index in [1.54, 1.807) is 0 Å². The van der Waals surface area contributed by atoms with E-state index < -0.39 is 27.7 Å². The van der Waals surface area contributed by atoms with Crippen molar-refractivity contribution in [1.82, 2.24) is 5.32 Å². The van der Waals surface area contributed by atoms with Crippen LogP contribution in [0.15, 0.2) is 47.4 Å². The number of amides is 1. The lowest BCUT2D eigenvalue weighted by Gasteiger charge is -2.15. The average molecular weight is 447 g/mol. The maximum atomic E-state index is 12.8. The summed E-state index contributed by atoms with van der Waals surface area (Å²) in [7, 11) is -4.24. The molecule has 0 radical (unpaired) electrons. The quantitative estimate of drug-likeness (QED) is 0.676. The first kappa shape index (κ1) is 21.4. The highest BCUT2D eigenvalue weighted by atomic mass is 35.5. The summed E-state index contributed by atoms with van der Waals surface area (Å²) in [4.78, 5) is 12.2. The van der Waals surface area contributed by atoms with Crippen LogP contribution in [0.1, 0.15) is 35.7 Å². The van der Waals surface area contributed by atoms with Crippen LogP contribution in [0.2, 0.25) is 5.02 Å². The lowest BCUT2D eigenvalue weighted by atomic mass is 10.1. The molecule has 1 fully saturated rings. The van der Waals surface area contributed by atoms with E-state index in [9.17, 15) is 26.4 Å². The maximum Gasteiger partial charge on any atom is 0.416 e. The zero-order valence-electron chi connectivity index (χ0n) is 15.3. The molecule has 3 rings (SSSR count). The molecule has 1 aliphatic rings. The highest BCUT2D eigenvalue weighted by molar-refractivity contribution is 7.92. The van der Waals surface area contributed by atoms with Crippen molar-refractivity contribution in [3.8, 4) is 0 Å². The SMILES string of the molecule is CC(NC(=O)c1cc(S(=O)(=O)Nc2cccc(C(F)(F)F)c2)ccc1Cl)C1CC1. The minimum atomic E-state index is -4.61. The highest BCUT2D eigenvalue weighted by Crippen LogP contribution is 2.33. The van der Waals surface area contributed by atoms with Gasteiger partial charge < -0.3 is 5.32 Å². The summed E-state index contributed by atoms with van der Waals surface area (Å²) >= 11 is 6.05. The number of anilines is 1. The highest BCUT2D eigenvalue weighted by Gasteiger charge is 2.31. The number of rotatable bonds is 6. The summed E-state index contributed by atoms with van der Waals surface area (Å²) < 4.78 is 65.9. The largest absolute Gasteiger partial charge is 0.416 e. The third-order valence-electron chi connectivity index (χ3n) is 4.62. The fourth-order valence-electron chi connectivity index (χ4n) is 2.82. The molecule has 1 saturated carbocycles. The molecule has 0 aliphatic heterocycles. The summed E-state index contributed by atoms with van der Waals surface area (Å²) in [6.45, 7) is 1.86. The predicted molar refractivity (Wildman–Crippen MR) is 103 cm³/mol. The van der Waals surface area contributed by atoms with E-state index in [-0.39, 0.29) is 27.2 Å². The summed E-state index contributed by atoms with van der Waals surface area (Å²) in [6, 6.07) is 7.31. The van der Waals surface area contributed by atoms with Crippen molar-refractivity contribution in [1.29, 1.82) is 0 Å². The molecular weight excluding hydrogens is 429 g/mol. The minimum absolute atomic E-state index is 0.0221. The Morgan fingerprint density at radius 2 is 1.86 bits per heavy atom. The van der Waals surface area contributed by atoms with Crippen molar-refractivity contribution in [2.45, 2.75) is 36.9 Å². The molecule has 5 nitrogen and oxygen atoms in total. The van der Waals surface area contributed by atoms with Gasteiger partial charge in [-0.2, -0.15) is 13.2 Å². The smallest absolute Gasteiger partial charge is 0.349 e. The lowest BCUT2D eigenvalue weighted by Crippen LogP contribution is -2.34. The first-order valence-electron chi connectivity index (χ1n) is 8.78. The lowest BCUT2D eigenvalue weighted by molar-refractivity contribution is -0.137. The van der Waals surface area contributed by atoms with Crippen molar-refractivity contribution in [2.24, 2.45) is 5.92 Å². The van der Waals surface area contributed by atoms with Crippen LogP contribution in [-0.4, -0.2) is 20.4 Å². The molecule has 156 valence electrons. The van der Waals surface area contributed by atoms with Gasteiger partial charge in [0.05, 0.1) is 21.0 Å². The second kappa shape index (κ2) is 7.87. The van der Waals surface area contributed by atoms with Crippen LogP contribution in [0.25, 0.3) is 0 Å². The van der Waals surface area contributed by atoms with E-state index in [1.165, 1.54) is 18.2 Å². The third kappa shape index (κ3) is 5.22. The molecule has 0 saturated heterocycles. The summed E-state index contributed by atoms with van der Waals surface area (Å²) in [5, 5.41) is 2.86. The maximum absolute atomic E-state index is 12.8. The van der Waals surface area contributed by atoms with Gasteiger partial charge in [-0.15, -0.1) is 0 Å². The molecule has 10 heteroatoms. The van der Waals surface area contributed by atoms with Crippen molar-refractivity contribution in [3.63, 3.8) is 0 Å². The number of alkyl halides is 3. The van der Waals surface area contributed by atoms with Crippen LogP contribution >= 0.6 is 11.6 Å². The Hall–Kier alpha value is -2.26. The molecule has 0 heterocycles. The Morgan fingerprint density at radius 1 is 1.17 bits per heavy atom. The molecule has 1 amide bonds. The van der Waals surface area contributed by atoms with Gasteiger partial charge in [-0.3, -0.25) is 9.52 Å². The molecular formula is C19H18ClF3N2O3S.